The second kappa shape index (κ2) is 7.15. The molecule has 1 aliphatic heterocycles. The van der Waals surface area contributed by atoms with Crippen molar-refractivity contribution in [3.05, 3.63) is 82.4 Å². The lowest BCUT2D eigenvalue weighted by atomic mass is 9.96. The number of nitrogens with one attached hydrogen (secondary N) is 1. The number of hydrogen-bond acceptors (Lipinski definition) is 2. The van der Waals surface area contributed by atoms with E-state index >= 15 is 0 Å². The van der Waals surface area contributed by atoms with E-state index < -0.39 is 0 Å². The predicted molar refractivity (Wildman–Crippen MR) is 122 cm³/mol. The number of thiocarbonyl (C=S) groups is 1. The van der Waals surface area contributed by atoms with Gasteiger partial charge in [-0.1, -0.05) is 17.7 Å². The summed E-state index contributed by atoms with van der Waals surface area (Å²) in [7, 11) is 0. The summed E-state index contributed by atoms with van der Waals surface area (Å²) in [6.45, 7) is 4.44. The van der Waals surface area contributed by atoms with Gasteiger partial charge in [0, 0.05) is 34.3 Å². The largest absolute Gasteiger partial charge is 0.351 e. The van der Waals surface area contributed by atoms with E-state index in [0.717, 1.165) is 16.4 Å². The average Bonchev–Trinajstić information content (AvgIpc) is 3.43. The van der Waals surface area contributed by atoms with Gasteiger partial charge in [0.15, 0.2) is 5.11 Å². The number of halogens is 1. The van der Waals surface area contributed by atoms with Crippen LogP contribution in [0.4, 0.5) is 5.69 Å². The zero-order chi connectivity index (χ0) is 20.1. The van der Waals surface area contributed by atoms with Crippen LogP contribution in [-0.2, 0) is 0 Å². The third-order valence-electron chi connectivity index (χ3n) is 5.96. The molecule has 3 heterocycles. The topological polar surface area (TPSA) is 33.1 Å². The fourth-order valence-electron chi connectivity index (χ4n) is 4.55. The van der Waals surface area contributed by atoms with E-state index in [1.54, 1.807) is 0 Å². The maximum absolute atomic E-state index is 6.14. The second-order valence-corrected chi connectivity index (χ2v) is 8.72. The molecule has 4 nitrogen and oxygen atoms in total. The molecule has 6 heteroatoms. The monoisotopic (exact) mass is 422 g/mol. The van der Waals surface area contributed by atoms with Gasteiger partial charge < -0.3 is 14.8 Å². The maximum Gasteiger partial charge on any atom is 0.174 e. The zero-order valence-electron chi connectivity index (χ0n) is 16.5. The molecular formula is C23H23ClN4S. The Balaban J connectivity index is 1.66. The van der Waals surface area contributed by atoms with Crippen LogP contribution < -0.4 is 10.2 Å². The van der Waals surface area contributed by atoms with Crippen LogP contribution in [0.2, 0.25) is 5.02 Å². The third-order valence-corrected chi connectivity index (χ3v) is 6.52. The Morgan fingerprint density at radius 2 is 1.86 bits per heavy atom. The minimum atomic E-state index is -0.0208. The van der Waals surface area contributed by atoms with Crippen molar-refractivity contribution < 1.29 is 0 Å². The molecule has 2 atom stereocenters. The molecule has 0 spiro atoms. The standard InChI is InChI=1S/C23H23ClN4S/c1-14-13-19(15(2)27(14)17-10-11-17)22-21(20-5-3-4-12-25-20)26-23(29)28(22)18-8-6-16(24)7-9-18/h3-9,12-13,17,21-22H,10-11H2,1-2H3,(H,26,29)/t21-,22+/m0/s1. The third kappa shape index (κ3) is 3.22. The molecule has 0 radical (unpaired) electrons. The number of aryl methyl sites for hydroxylation is 1. The summed E-state index contributed by atoms with van der Waals surface area (Å²) in [6.07, 6.45) is 4.37. The lowest BCUT2D eigenvalue weighted by molar-refractivity contribution is 0.562. The Labute approximate surface area is 181 Å². The summed E-state index contributed by atoms with van der Waals surface area (Å²) in [5.74, 6) is 0. The molecule has 148 valence electrons. The van der Waals surface area contributed by atoms with Crippen molar-refractivity contribution in [3.63, 3.8) is 0 Å². The van der Waals surface area contributed by atoms with Gasteiger partial charge in [-0.2, -0.15) is 0 Å². The average molecular weight is 423 g/mol. The normalized spacial score (nSPS) is 21.5. The van der Waals surface area contributed by atoms with Gasteiger partial charge >= 0.3 is 0 Å². The Hall–Kier alpha value is -2.37. The van der Waals surface area contributed by atoms with Gasteiger partial charge in [-0.05, 0) is 86.9 Å². The van der Waals surface area contributed by atoms with Crippen molar-refractivity contribution in [1.29, 1.82) is 0 Å². The van der Waals surface area contributed by atoms with Crippen molar-refractivity contribution in [2.24, 2.45) is 0 Å². The summed E-state index contributed by atoms with van der Waals surface area (Å²) in [6, 6.07) is 16.9. The first-order valence-corrected chi connectivity index (χ1v) is 10.8. The lowest BCUT2D eigenvalue weighted by Gasteiger charge is -2.28. The molecule has 0 unspecified atom stereocenters. The van der Waals surface area contributed by atoms with E-state index in [1.165, 1.54) is 29.8 Å². The van der Waals surface area contributed by atoms with Gasteiger partial charge in [0.25, 0.3) is 0 Å². The lowest BCUT2D eigenvalue weighted by Crippen LogP contribution is -2.29. The van der Waals surface area contributed by atoms with Crippen LogP contribution in [0.25, 0.3) is 0 Å². The van der Waals surface area contributed by atoms with Crippen LogP contribution >= 0.6 is 23.8 Å². The summed E-state index contributed by atoms with van der Waals surface area (Å²) in [4.78, 5) is 6.86. The minimum Gasteiger partial charge on any atom is -0.351 e. The molecule has 1 saturated carbocycles. The summed E-state index contributed by atoms with van der Waals surface area (Å²) in [5, 5.41) is 4.97. The van der Waals surface area contributed by atoms with Crippen molar-refractivity contribution in [2.45, 2.75) is 44.8 Å². The molecule has 1 aliphatic carbocycles. The molecule has 5 rings (SSSR count). The Kier molecular flexibility index (Phi) is 4.60. The van der Waals surface area contributed by atoms with E-state index in [0.29, 0.717) is 11.2 Å². The highest BCUT2D eigenvalue weighted by Crippen LogP contribution is 2.46. The Bertz CT molecular complexity index is 1060. The van der Waals surface area contributed by atoms with Crippen LogP contribution in [0, 0.1) is 13.8 Å². The number of aromatic nitrogens is 2. The first-order chi connectivity index (χ1) is 14.0. The predicted octanol–water partition coefficient (Wildman–Crippen LogP) is 5.67. The van der Waals surface area contributed by atoms with Crippen LogP contribution in [0.5, 0.6) is 0 Å². The molecule has 2 aromatic heterocycles. The first-order valence-electron chi connectivity index (χ1n) is 9.99. The molecule has 0 bridgehead atoms. The van der Waals surface area contributed by atoms with Crippen molar-refractivity contribution in [3.8, 4) is 0 Å². The number of nitrogens with zero attached hydrogens (tertiary/aromatic N) is 3. The van der Waals surface area contributed by atoms with Crippen LogP contribution in [0.15, 0.2) is 54.7 Å². The van der Waals surface area contributed by atoms with Crippen LogP contribution in [-0.4, -0.2) is 14.7 Å². The molecule has 29 heavy (non-hydrogen) atoms. The van der Waals surface area contributed by atoms with E-state index in [4.69, 9.17) is 23.8 Å². The zero-order valence-corrected chi connectivity index (χ0v) is 18.0. The summed E-state index contributed by atoms with van der Waals surface area (Å²) < 4.78 is 2.49. The second-order valence-electron chi connectivity index (χ2n) is 7.90. The highest BCUT2D eigenvalue weighted by molar-refractivity contribution is 7.80. The smallest absolute Gasteiger partial charge is 0.174 e. The van der Waals surface area contributed by atoms with Gasteiger partial charge in [0.1, 0.15) is 0 Å². The van der Waals surface area contributed by atoms with Gasteiger partial charge in [-0.3, -0.25) is 4.98 Å². The van der Waals surface area contributed by atoms with E-state index in [2.05, 4.69) is 45.7 Å². The van der Waals surface area contributed by atoms with Crippen molar-refractivity contribution >= 4 is 34.6 Å². The number of rotatable bonds is 4. The van der Waals surface area contributed by atoms with Gasteiger partial charge in [-0.25, -0.2) is 0 Å². The van der Waals surface area contributed by atoms with Crippen molar-refractivity contribution in [2.75, 3.05) is 4.90 Å². The van der Waals surface area contributed by atoms with Gasteiger partial charge in [0.2, 0.25) is 0 Å². The van der Waals surface area contributed by atoms with E-state index in [9.17, 15) is 0 Å². The van der Waals surface area contributed by atoms with Gasteiger partial charge in [0.05, 0.1) is 17.8 Å². The molecule has 2 fully saturated rings. The molecule has 1 saturated heterocycles. The molecule has 3 aromatic rings. The van der Waals surface area contributed by atoms with Gasteiger partial charge in [-0.15, -0.1) is 0 Å². The Morgan fingerprint density at radius 3 is 2.52 bits per heavy atom. The maximum atomic E-state index is 6.14. The summed E-state index contributed by atoms with van der Waals surface area (Å²) >= 11 is 11.9. The number of pyridine rings is 1. The van der Waals surface area contributed by atoms with E-state index in [1.807, 2.05) is 42.6 Å². The summed E-state index contributed by atoms with van der Waals surface area (Å²) in [5.41, 5.74) is 5.96. The molecule has 2 aliphatic rings. The van der Waals surface area contributed by atoms with Crippen molar-refractivity contribution in [1.82, 2.24) is 14.9 Å². The number of hydrogen-bond donors (Lipinski definition) is 1. The van der Waals surface area contributed by atoms with Crippen LogP contribution in [0.1, 0.15) is 53.6 Å². The van der Waals surface area contributed by atoms with E-state index in [-0.39, 0.29) is 12.1 Å². The SMILES string of the molecule is Cc1cc([C@@H]2[C@H](c3ccccn3)NC(=S)N2c2ccc(Cl)cc2)c(C)n1C1CC1. The molecule has 1 aromatic carbocycles. The molecule has 0 amide bonds. The molecular weight excluding hydrogens is 400 g/mol. The highest BCUT2D eigenvalue weighted by Gasteiger charge is 2.42. The quantitative estimate of drug-likeness (QED) is 0.549. The minimum absolute atomic E-state index is 0.0208. The Morgan fingerprint density at radius 1 is 1.10 bits per heavy atom. The fourth-order valence-corrected chi connectivity index (χ4v) is 5.02. The molecule has 1 N–H and O–H groups in total. The first kappa shape index (κ1) is 18.6. The number of anilines is 1. The fraction of sp³-hybridized carbons (Fsp3) is 0.304. The number of benzene rings is 1. The van der Waals surface area contributed by atoms with Crippen LogP contribution in [0.3, 0.4) is 0 Å². The highest BCUT2D eigenvalue weighted by atomic mass is 35.5.